The summed E-state index contributed by atoms with van der Waals surface area (Å²) >= 11 is 0. The summed E-state index contributed by atoms with van der Waals surface area (Å²) < 4.78 is 81.0. The number of nitrogens with zero attached hydrogens (tertiary/aromatic N) is 4. The Kier molecular flexibility index (Phi) is 7.99. The minimum Gasteiger partial charge on any atom is -0.348 e. The van der Waals surface area contributed by atoms with Gasteiger partial charge < -0.3 is 15.5 Å². The van der Waals surface area contributed by atoms with Crippen LogP contribution in [0.2, 0.25) is 0 Å². The van der Waals surface area contributed by atoms with Crippen molar-refractivity contribution in [2.24, 2.45) is 5.92 Å². The molecular weight excluding hydrogens is 532 g/mol. The van der Waals surface area contributed by atoms with Crippen molar-refractivity contribution in [3.05, 3.63) is 35.1 Å². The number of nitriles is 1. The van der Waals surface area contributed by atoms with Crippen LogP contribution in [-0.2, 0) is 26.0 Å². The fourth-order valence-electron chi connectivity index (χ4n) is 4.91. The van der Waals surface area contributed by atoms with Crippen LogP contribution in [0.25, 0.3) is 0 Å². The number of likely N-dealkylation sites (tertiary alicyclic amines) is 1. The first-order valence-corrected chi connectivity index (χ1v) is 13.6. The Hall–Kier alpha value is -2.80. The largest absolute Gasteiger partial charge is 0.416 e. The summed E-state index contributed by atoms with van der Waals surface area (Å²) in [5, 5.41) is 14.5. The van der Waals surface area contributed by atoms with Crippen molar-refractivity contribution in [1.82, 2.24) is 24.1 Å². The second kappa shape index (κ2) is 10.8. The van der Waals surface area contributed by atoms with Crippen molar-refractivity contribution < 1.29 is 35.6 Å². The second-order valence-electron chi connectivity index (χ2n) is 9.67. The van der Waals surface area contributed by atoms with Gasteiger partial charge in [-0.1, -0.05) is 6.07 Å². The van der Waals surface area contributed by atoms with E-state index in [0.29, 0.717) is 18.9 Å². The van der Waals surface area contributed by atoms with Gasteiger partial charge in [0, 0.05) is 44.8 Å². The highest BCUT2D eigenvalue weighted by Crippen LogP contribution is 2.31. The summed E-state index contributed by atoms with van der Waals surface area (Å²) in [5.41, 5.74) is -1.26. The minimum absolute atomic E-state index is 0.105. The van der Waals surface area contributed by atoms with Crippen LogP contribution in [0.4, 0.5) is 17.6 Å². The van der Waals surface area contributed by atoms with E-state index in [9.17, 15) is 35.6 Å². The SMILES string of the molecule is C[C@@H](NC(=O)[C@H]1CCCN1C(=O)[C@@H]1CN(S(=O)(=O)N2CC(C#N)C2)CCN1)c1ccc(C(F)(F)F)cc1F. The van der Waals surface area contributed by atoms with Crippen LogP contribution in [0, 0.1) is 23.1 Å². The first-order valence-electron chi connectivity index (χ1n) is 12.2. The predicted octanol–water partition coefficient (Wildman–Crippen LogP) is 0.987. The van der Waals surface area contributed by atoms with E-state index in [4.69, 9.17) is 5.26 Å². The van der Waals surface area contributed by atoms with E-state index in [1.165, 1.54) is 20.4 Å². The molecule has 0 spiro atoms. The zero-order valence-corrected chi connectivity index (χ0v) is 21.4. The third kappa shape index (κ3) is 5.63. The molecule has 0 bridgehead atoms. The number of piperazine rings is 1. The number of nitrogens with one attached hydrogen (secondary N) is 2. The fraction of sp³-hybridized carbons (Fsp3) is 0.609. The quantitative estimate of drug-likeness (QED) is 0.500. The number of carbonyl (C=O) groups is 2. The Morgan fingerprint density at radius 1 is 1.18 bits per heavy atom. The maximum Gasteiger partial charge on any atom is 0.416 e. The van der Waals surface area contributed by atoms with E-state index < -0.39 is 57.7 Å². The molecule has 3 saturated heterocycles. The molecular formula is C23H28F4N6O4S. The summed E-state index contributed by atoms with van der Waals surface area (Å²) in [5.74, 6) is -2.49. The topological polar surface area (TPSA) is 126 Å². The average molecular weight is 561 g/mol. The average Bonchev–Trinajstić information content (AvgIpc) is 3.32. The van der Waals surface area contributed by atoms with Crippen molar-refractivity contribution in [2.75, 3.05) is 39.3 Å². The van der Waals surface area contributed by atoms with E-state index in [0.717, 1.165) is 12.1 Å². The monoisotopic (exact) mass is 560 g/mol. The van der Waals surface area contributed by atoms with Gasteiger partial charge >= 0.3 is 6.18 Å². The van der Waals surface area contributed by atoms with Crippen LogP contribution in [0.5, 0.6) is 0 Å². The molecule has 15 heteroatoms. The molecule has 1 aromatic carbocycles. The van der Waals surface area contributed by atoms with Gasteiger partial charge in [-0.05, 0) is 31.9 Å². The number of hydrogen-bond acceptors (Lipinski definition) is 6. The molecule has 3 fully saturated rings. The molecule has 3 aliphatic heterocycles. The Morgan fingerprint density at radius 2 is 1.89 bits per heavy atom. The van der Waals surface area contributed by atoms with Gasteiger partial charge in [0.1, 0.15) is 17.9 Å². The van der Waals surface area contributed by atoms with Crippen molar-refractivity contribution >= 4 is 22.0 Å². The highest BCUT2D eigenvalue weighted by Gasteiger charge is 2.44. The highest BCUT2D eigenvalue weighted by atomic mass is 32.2. The number of carbonyl (C=O) groups excluding carboxylic acids is 2. The van der Waals surface area contributed by atoms with Crippen molar-refractivity contribution in [2.45, 2.75) is 44.1 Å². The fourth-order valence-corrected chi connectivity index (χ4v) is 6.64. The molecule has 4 rings (SSSR count). The molecule has 38 heavy (non-hydrogen) atoms. The second-order valence-corrected chi connectivity index (χ2v) is 11.6. The smallest absolute Gasteiger partial charge is 0.348 e. The molecule has 208 valence electrons. The molecule has 2 N–H and O–H groups in total. The number of halogens is 4. The van der Waals surface area contributed by atoms with E-state index in [1.54, 1.807) is 0 Å². The van der Waals surface area contributed by atoms with Crippen molar-refractivity contribution in [1.29, 1.82) is 5.26 Å². The van der Waals surface area contributed by atoms with Gasteiger partial charge in [-0.15, -0.1) is 0 Å². The van der Waals surface area contributed by atoms with Gasteiger partial charge in [-0.2, -0.15) is 35.5 Å². The highest BCUT2D eigenvalue weighted by molar-refractivity contribution is 7.86. The minimum atomic E-state index is -4.70. The lowest BCUT2D eigenvalue weighted by atomic mass is 10.0. The molecule has 10 nitrogen and oxygen atoms in total. The van der Waals surface area contributed by atoms with E-state index >= 15 is 0 Å². The van der Waals surface area contributed by atoms with Crippen molar-refractivity contribution in [3.8, 4) is 6.07 Å². The summed E-state index contributed by atoms with van der Waals surface area (Å²) in [4.78, 5) is 27.7. The number of amides is 2. The van der Waals surface area contributed by atoms with E-state index in [-0.39, 0.29) is 50.7 Å². The normalized spacial score (nSPS) is 24.5. The Bertz CT molecular complexity index is 1230. The first-order chi connectivity index (χ1) is 17.8. The summed E-state index contributed by atoms with van der Waals surface area (Å²) in [6.07, 6.45) is -3.85. The molecule has 2 amide bonds. The predicted molar refractivity (Wildman–Crippen MR) is 126 cm³/mol. The first kappa shape index (κ1) is 28.2. The lowest BCUT2D eigenvalue weighted by Gasteiger charge is -2.41. The Labute approximate surface area is 217 Å². The van der Waals surface area contributed by atoms with Gasteiger partial charge in [-0.25, -0.2) is 4.39 Å². The standard InChI is InChI=1S/C23H28F4N6O4S/c1-14(17-5-4-16(9-18(17)24)23(25,26)27)30-21(34)20-3-2-7-33(20)22(35)19-13-31(8-6-29-19)38(36,37)32-11-15(10-28)12-32/h4-5,9,14-15,19-20,29H,2-3,6-8,11-13H2,1H3,(H,30,34)/t14-,19+,20-/m1/s1. The number of hydrogen-bond donors (Lipinski definition) is 2. The summed E-state index contributed by atoms with van der Waals surface area (Å²) in [6, 6.07) is 1.38. The van der Waals surface area contributed by atoms with Crippen LogP contribution in [-0.4, -0.2) is 85.1 Å². The summed E-state index contributed by atoms with van der Waals surface area (Å²) in [6.45, 7) is 2.15. The molecule has 0 radical (unpaired) electrons. The van der Waals surface area contributed by atoms with Gasteiger partial charge in [0.2, 0.25) is 11.8 Å². The van der Waals surface area contributed by atoms with Gasteiger partial charge in [0.05, 0.1) is 23.6 Å². The molecule has 0 unspecified atom stereocenters. The van der Waals surface area contributed by atoms with Crippen LogP contribution < -0.4 is 10.6 Å². The third-order valence-corrected chi connectivity index (χ3v) is 9.05. The number of benzene rings is 1. The zero-order chi connectivity index (χ0) is 27.8. The molecule has 0 saturated carbocycles. The molecule has 1 aromatic rings. The van der Waals surface area contributed by atoms with Crippen LogP contribution in [0.3, 0.4) is 0 Å². The van der Waals surface area contributed by atoms with Crippen LogP contribution in [0.15, 0.2) is 18.2 Å². The van der Waals surface area contributed by atoms with E-state index in [1.807, 2.05) is 6.07 Å². The maximum atomic E-state index is 14.4. The zero-order valence-electron chi connectivity index (χ0n) is 20.5. The molecule has 3 atom stereocenters. The maximum absolute atomic E-state index is 14.4. The molecule has 3 aliphatic rings. The van der Waals surface area contributed by atoms with Gasteiger partial charge in [0.25, 0.3) is 10.2 Å². The Balaban J connectivity index is 1.39. The molecule has 0 aliphatic carbocycles. The van der Waals surface area contributed by atoms with Gasteiger partial charge in [0.15, 0.2) is 0 Å². The lowest BCUT2D eigenvalue weighted by molar-refractivity contribution is -0.140. The number of rotatable bonds is 6. The third-order valence-electron chi connectivity index (χ3n) is 7.11. The van der Waals surface area contributed by atoms with Gasteiger partial charge in [-0.3, -0.25) is 9.59 Å². The van der Waals surface area contributed by atoms with Crippen LogP contribution >= 0.6 is 0 Å². The summed E-state index contributed by atoms with van der Waals surface area (Å²) in [7, 11) is -3.83. The van der Waals surface area contributed by atoms with Crippen molar-refractivity contribution in [3.63, 3.8) is 0 Å². The van der Waals surface area contributed by atoms with E-state index in [2.05, 4.69) is 10.6 Å². The van der Waals surface area contributed by atoms with Crippen LogP contribution in [0.1, 0.15) is 36.9 Å². The molecule has 0 aromatic heterocycles. The Morgan fingerprint density at radius 3 is 2.53 bits per heavy atom. The lowest BCUT2D eigenvalue weighted by Crippen LogP contribution is -2.63. The number of alkyl halides is 3. The molecule has 3 heterocycles.